The number of hydrogen-bond acceptors (Lipinski definition) is 4. The number of ether oxygens (including phenoxy) is 1. The Labute approximate surface area is 163 Å². The summed E-state index contributed by atoms with van der Waals surface area (Å²) < 4.78 is 5.87. The van der Waals surface area contributed by atoms with E-state index in [1.807, 2.05) is 18.2 Å². The number of rotatable bonds is 4. The van der Waals surface area contributed by atoms with Crippen LogP contribution in [-0.2, 0) is 0 Å². The van der Waals surface area contributed by atoms with E-state index in [0.717, 1.165) is 10.3 Å². The summed E-state index contributed by atoms with van der Waals surface area (Å²) in [5.74, 6) is 0.284. The molecule has 0 saturated heterocycles. The molecule has 0 aliphatic rings. The number of carbonyl (C=O) groups is 1. The van der Waals surface area contributed by atoms with E-state index in [0.29, 0.717) is 26.1 Å². The molecule has 1 amide bonds. The molecule has 0 spiro atoms. The third-order valence-corrected chi connectivity index (χ3v) is 5.47. The van der Waals surface area contributed by atoms with Gasteiger partial charge < -0.3 is 4.74 Å². The number of hydrazone groups is 1. The van der Waals surface area contributed by atoms with E-state index >= 15 is 0 Å². The number of benzene rings is 2. The first-order chi connectivity index (χ1) is 12.0. The van der Waals surface area contributed by atoms with Crippen LogP contribution < -0.4 is 10.2 Å². The molecule has 2 aromatic carbocycles. The molecular weight excluding hydrogens is 403 g/mol. The smallest absolute Gasteiger partial charge is 0.283 e. The second-order valence-corrected chi connectivity index (χ2v) is 7.26. The summed E-state index contributed by atoms with van der Waals surface area (Å²) in [6.45, 7) is 0. The molecule has 0 aliphatic carbocycles. The molecule has 8 heteroatoms. The molecule has 1 heterocycles. The van der Waals surface area contributed by atoms with Crippen molar-refractivity contribution in [2.24, 2.45) is 5.10 Å². The molecule has 0 bridgehead atoms. The van der Waals surface area contributed by atoms with Crippen LogP contribution in [0.2, 0.25) is 15.1 Å². The summed E-state index contributed by atoms with van der Waals surface area (Å²) in [6, 6.07) is 10.6. The lowest BCUT2D eigenvalue weighted by molar-refractivity contribution is 0.0959. The topological polar surface area (TPSA) is 50.7 Å². The van der Waals surface area contributed by atoms with Gasteiger partial charge in [0.15, 0.2) is 0 Å². The van der Waals surface area contributed by atoms with Crippen molar-refractivity contribution in [3.05, 3.63) is 61.9 Å². The lowest BCUT2D eigenvalue weighted by Gasteiger charge is -2.00. The van der Waals surface area contributed by atoms with Gasteiger partial charge in [0.2, 0.25) is 0 Å². The van der Waals surface area contributed by atoms with E-state index in [4.69, 9.17) is 39.5 Å². The van der Waals surface area contributed by atoms with Crippen molar-refractivity contribution in [2.45, 2.75) is 0 Å². The molecule has 25 heavy (non-hydrogen) atoms. The van der Waals surface area contributed by atoms with Crippen molar-refractivity contribution >= 4 is 68.3 Å². The first kappa shape index (κ1) is 18.0. The molecule has 0 unspecified atom stereocenters. The fourth-order valence-electron chi connectivity index (χ4n) is 2.20. The maximum Gasteiger partial charge on any atom is 0.283 e. The molecule has 3 rings (SSSR count). The van der Waals surface area contributed by atoms with Gasteiger partial charge in [0, 0.05) is 15.1 Å². The van der Waals surface area contributed by atoms with Gasteiger partial charge in [-0.3, -0.25) is 4.79 Å². The van der Waals surface area contributed by atoms with Crippen LogP contribution in [-0.4, -0.2) is 19.2 Å². The molecule has 1 aromatic heterocycles. The lowest BCUT2D eigenvalue weighted by atomic mass is 10.2. The Morgan fingerprint density at radius 3 is 2.80 bits per heavy atom. The number of nitrogens with one attached hydrogen (secondary N) is 1. The number of nitrogens with zero attached hydrogens (tertiary/aromatic N) is 1. The van der Waals surface area contributed by atoms with Gasteiger partial charge in [0.1, 0.15) is 10.6 Å². The summed E-state index contributed by atoms with van der Waals surface area (Å²) in [4.78, 5) is 12.7. The summed E-state index contributed by atoms with van der Waals surface area (Å²) in [5, 5.41) is 5.74. The molecular formula is C17H11Cl3N2O2S. The van der Waals surface area contributed by atoms with Crippen molar-refractivity contribution in [2.75, 3.05) is 7.11 Å². The van der Waals surface area contributed by atoms with E-state index in [9.17, 15) is 4.79 Å². The van der Waals surface area contributed by atoms with Crippen molar-refractivity contribution < 1.29 is 9.53 Å². The highest BCUT2D eigenvalue weighted by atomic mass is 35.5. The maximum atomic E-state index is 12.3. The lowest BCUT2D eigenvalue weighted by Crippen LogP contribution is -2.16. The molecule has 3 aromatic rings. The average Bonchev–Trinajstić information content (AvgIpc) is 2.91. The third kappa shape index (κ3) is 3.90. The highest BCUT2D eigenvalue weighted by Gasteiger charge is 2.19. The minimum absolute atomic E-state index is 0.288. The zero-order valence-corrected chi connectivity index (χ0v) is 15.9. The van der Waals surface area contributed by atoms with Crippen LogP contribution in [0.5, 0.6) is 5.75 Å². The van der Waals surface area contributed by atoms with Crippen LogP contribution in [0, 0.1) is 0 Å². The van der Waals surface area contributed by atoms with Crippen LogP contribution in [0.3, 0.4) is 0 Å². The quantitative estimate of drug-likeness (QED) is 0.445. The SMILES string of the molecule is COc1cccc(/C=N/NC(=O)c2sc3cc(Cl)cc(Cl)c3c2Cl)c1. The molecule has 0 radical (unpaired) electrons. The van der Waals surface area contributed by atoms with Crippen LogP contribution in [0.1, 0.15) is 15.2 Å². The predicted octanol–water partition coefficient (Wildman–Crippen LogP) is 5.63. The first-order valence-electron chi connectivity index (χ1n) is 7.04. The predicted molar refractivity (Wildman–Crippen MR) is 105 cm³/mol. The van der Waals surface area contributed by atoms with Gasteiger partial charge in [-0.25, -0.2) is 5.43 Å². The zero-order valence-electron chi connectivity index (χ0n) is 12.8. The number of carbonyl (C=O) groups excluding carboxylic acids is 1. The van der Waals surface area contributed by atoms with Crippen LogP contribution in [0.4, 0.5) is 0 Å². The highest BCUT2D eigenvalue weighted by Crippen LogP contribution is 2.41. The number of amides is 1. The van der Waals surface area contributed by atoms with E-state index < -0.39 is 5.91 Å². The van der Waals surface area contributed by atoms with Gasteiger partial charge in [-0.2, -0.15) is 5.10 Å². The molecule has 0 saturated carbocycles. The molecule has 0 fully saturated rings. The number of fused-ring (bicyclic) bond motifs is 1. The van der Waals surface area contributed by atoms with E-state index in [1.165, 1.54) is 17.6 Å². The monoisotopic (exact) mass is 412 g/mol. The summed E-state index contributed by atoms with van der Waals surface area (Å²) in [5.41, 5.74) is 3.25. The minimum Gasteiger partial charge on any atom is -0.497 e. The van der Waals surface area contributed by atoms with E-state index in [2.05, 4.69) is 10.5 Å². The van der Waals surface area contributed by atoms with Crippen molar-refractivity contribution in [3.8, 4) is 5.75 Å². The van der Waals surface area contributed by atoms with Crippen molar-refractivity contribution in [3.63, 3.8) is 0 Å². The normalized spacial score (nSPS) is 11.2. The summed E-state index contributed by atoms with van der Waals surface area (Å²) >= 11 is 19.7. The van der Waals surface area contributed by atoms with Gasteiger partial charge in [-0.15, -0.1) is 11.3 Å². The summed E-state index contributed by atoms with van der Waals surface area (Å²) in [6.07, 6.45) is 1.52. The molecule has 128 valence electrons. The highest BCUT2D eigenvalue weighted by molar-refractivity contribution is 7.21. The Bertz CT molecular complexity index is 985. The van der Waals surface area contributed by atoms with E-state index in [-0.39, 0.29) is 5.02 Å². The number of thiophene rings is 1. The van der Waals surface area contributed by atoms with Crippen LogP contribution in [0.25, 0.3) is 10.1 Å². The largest absolute Gasteiger partial charge is 0.497 e. The van der Waals surface area contributed by atoms with Gasteiger partial charge in [0.25, 0.3) is 5.91 Å². The third-order valence-electron chi connectivity index (χ3n) is 3.33. The van der Waals surface area contributed by atoms with Crippen molar-refractivity contribution in [1.29, 1.82) is 0 Å². The van der Waals surface area contributed by atoms with Gasteiger partial charge in [0.05, 0.1) is 23.4 Å². The average molecular weight is 414 g/mol. The Hall–Kier alpha value is -1.79. The van der Waals surface area contributed by atoms with Gasteiger partial charge in [-0.1, -0.05) is 46.9 Å². The van der Waals surface area contributed by atoms with Gasteiger partial charge >= 0.3 is 0 Å². The molecule has 0 atom stereocenters. The molecule has 0 aliphatic heterocycles. The Morgan fingerprint density at radius 2 is 2.04 bits per heavy atom. The maximum absolute atomic E-state index is 12.3. The van der Waals surface area contributed by atoms with Crippen LogP contribution >= 0.6 is 46.1 Å². The minimum atomic E-state index is -0.419. The van der Waals surface area contributed by atoms with Crippen molar-refractivity contribution in [1.82, 2.24) is 5.43 Å². The Balaban J connectivity index is 1.81. The number of halogens is 3. The standard InChI is InChI=1S/C17H11Cl3N2O2S/c1-24-11-4-2-3-9(5-11)8-21-22-17(23)16-15(20)14-12(19)6-10(18)7-13(14)25-16/h2-8H,1H3,(H,22,23)/b21-8+. The first-order valence-corrected chi connectivity index (χ1v) is 8.99. The summed E-state index contributed by atoms with van der Waals surface area (Å²) in [7, 11) is 1.58. The fraction of sp³-hybridized carbons (Fsp3) is 0.0588. The Kier molecular flexibility index (Phi) is 5.49. The number of methoxy groups -OCH3 is 1. The number of hydrogen-bond donors (Lipinski definition) is 1. The second kappa shape index (κ2) is 7.62. The zero-order chi connectivity index (χ0) is 18.0. The second-order valence-electron chi connectivity index (χ2n) is 4.98. The fourth-order valence-corrected chi connectivity index (χ4v) is 4.46. The Morgan fingerprint density at radius 1 is 1.24 bits per heavy atom. The van der Waals surface area contributed by atoms with Crippen LogP contribution in [0.15, 0.2) is 41.5 Å². The van der Waals surface area contributed by atoms with E-state index in [1.54, 1.807) is 25.3 Å². The molecule has 4 nitrogen and oxygen atoms in total. The van der Waals surface area contributed by atoms with Gasteiger partial charge in [-0.05, 0) is 29.8 Å². The molecule has 1 N–H and O–H groups in total.